The fourth-order valence-electron chi connectivity index (χ4n) is 1.23. The van der Waals surface area contributed by atoms with Crippen LogP contribution in [0.4, 0.5) is 0 Å². The molecule has 0 aliphatic rings. The summed E-state index contributed by atoms with van der Waals surface area (Å²) in [5, 5.41) is 7.56. The average molecular weight is 260 g/mol. The van der Waals surface area contributed by atoms with Gasteiger partial charge < -0.3 is 10.6 Å². The van der Waals surface area contributed by atoms with Gasteiger partial charge in [0.2, 0.25) is 0 Å². The van der Waals surface area contributed by atoms with E-state index in [9.17, 15) is 0 Å². The minimum atomic E-state index is 0.621. The van der Waals surface area contributed by atoms with E-state index in [1.54, 1.807) is 13.1 Å². The maximum Gasteiger partial charge on any atom is 0.191 e. The lowest BCUT2D eigenvalue weighted by molar-refractivity contribution is 0.830. The minimum absolute atomic E-state index is 0.621. The zero-order valence-corrected chi connectivity index (χ0v) is 10.9. The van der Waals surface area contributed by atoms with Gasteiger partial charge in [0.05, 0.1) is 0 Å². The molecule has 0 saturated heterocycles. The first-order chi connectivity index (χ1) is 7.67. The van der Waals surface area contributed by atoms with Crippen molar-refractivity contribution in [2.24, 2.45) is 4.99 Å². The molecule has 5 heteroatoms. The van der Waals surface area contributed by atoms with Crippen LogP contribution in [-0.2, 0) is 6.54 Å². The summed E-state index contributed by atoms with van der Waals surface area (Å²) in [4.78, 5) is 4.07. The second kappa shape index (κ2) is 6.61. The van der Waals surface area contributed by atoms with Gasteiger partial charge in [0.25, 0.3) is 0 Å². The van der Waals surface area contributed by atoms with Gasteiger partial charge in [-0.15, -0.1) is 0 Å². The molecule has 1 rings (SSSR count). The summed E-state index contributed by atoms with van der Waals surface area (Å²) in [7, 11) is 1.73. The molecule has 16 heavy (non-hydrogen) atoms. The van der Waals surface area contributed by atoms with Gasteiger partial charge in [0, 0.05) is 30.2 Å². The molecule has 0 radical (unpaired) electrons. The normalized spacial score (nSPS) is 11.4. The minimum Gasteiger partial charge on any atom is -0.357 e. The monoisotopic (exact) mass is 259 g/mol. The molecule has 0 saturated carbocycles. The number of guanidine groups is 1. The Morgan fingerprint density at radius 1 is 1.31 bits per heavy atom. The predicted molar refractivity (Wildman–Crippen MR) is 70.3 cm³/mol. The number of hydrogen-bond donors (Lipinski definition) is 2. The number of benzene rings is 1. The lowest BCUT2D eigenvalue weighted by Crippen LogP contribution is -2.36. The van der Waals surface area contributed by atoms with E-state index in [1.807, 2.05) is 19.1 Å². The third-order valence-corrected chi connectivity index (χ3v) is 2.62. The molecule has 0 atom stereocenters. The average Bonchev–Trinajstić information content (AvgIpc) is 2.26. The van der Waals surface area contributed by atoms with Gasteiger partial charge in [0.15, 0.2) is 5.96 Å². The van der Waals surface area contributed by atoms with Gasteiger partial charge in [0.1, 0.15) is 0 Å². The SMILES string of the molecule is CCNC(=NC)NCc1ccc(Cl)cc1Cl. The fourth-order valence-corrected chi connectivity index (χ4v) is 1.71. The summed E-state index contributed by atoms with van der Waals surface area (Å²) in [6.07, 6.45) is 0. The van der Waals surface area contributed by atoms with Crippen LogP contribution in [0.5, 0.6) is 0 Å². The number of halogens is 2. The van der Waals surface area contributed by atoms with Crippen molar-refractivity contribution in [3.8, 4) is 0 Å². The highest BCUT2D eigenvalue weighted by Gasteiger charge is 2.02. The van der Waals surface area contributed by atoms with Crippen molar-refractivity contribution in [3.05, 3.63) is 33.8 Å². The van der Waals surface area contributed by atoms with Crippen LogP contribution in [0.1, 0.15) is 12.5 Å². The molecule has 1 aromatic rings. The van der Waals surface area contributed by atoms with E-state index in [1.165, 1.54) is 0 Å². The van der Waals surface area contributed by atoms with Gasteiger partial charge in [-0.2, -0.15) is 0 Å². The summed E-state index contributed by atoms with van der Waals surface area (Å²) in [6, 6.07) is 5.45. The van der Waals surface area contributed by atoms with Crippen molar-refractivity contribution < 1.29 is 0 Å². The summed E-state index contributed by atoms with van der Waals surface area (Å²) >= 11 is 11.9. The Hall–Kier alpha value is -0.930. The van der Waals surface area contributed by atoms with Crippen LogP contribution >= 0.6 is 23.2 Å². The summed E-state index contributed by atoms with van der Waals surface area (Å²) in [5.74, 6) is 0.758. The third kappa shape index (κ3) is 3.91. The molecule has 1 aromatic carbocycles. The zero-order chi connectivity index (χ0) is 12.0. The summed E-state index contributed by atoms with van der Waals surface area (Å²) in [6.45, 7) is 3.46. The zero-order valence-electron chi connectivity index (χ0n) is 9.35. The Labute approximate surface area is 106 Å². The molecule has 0 heterocycles. The van der Waals surface area contributed by atoms with E-state index < -0.39 is 0 Å². The fraction of sp³-hybridized carbons (Fsp3) is 0.364. The van der Waals surface area contributed by atoms with Gasteiger partial charge in [-0.05, 0) is 24.6 Å². The molecule has 88 valence electrons. The van der Waals surface area contributed by atoms with Crippen LogP contribution < -0.4 is 10.6 Å². The Morgan fingerprint density at radius 3 is 2.62 bits per heavy atom. The van der Waals surface area contributed by atoms with E-state index >= 15 is 0 Å². The number of aliphatic imine (C=N–C) groups is 1. The first-order valence-corrected chi connectivity index (χ1v) is 5.81. The first-order valence-electron chi connectivity index (χ1n) is 5.05. The Kier molecular flexibility index (Phi) is 5.43. The molecule has 0 aliphatic heterocycles. The van der Waals surface area contributed by atoms with E-state index in [4.69, 9.17) is 23.2 Å². The molecule has 0 bridgehead atoms. The molecule has 0 spiro atoms. The van der Waals surface area contributed by atoms with E-state index in [2.05, 4.69) is 15.6 Å². The largest absolute Gasteiger partial charge is 0.357 e. The molecule has 0 unspecified atom stereocenters. The quantitative estimate of drug-likeness (QED) is 0.647. The summed E-state index contributed by atoms with van der Waals surface area (Å²) in [5.41, 5.74) is 0.991. The predicted octanol–water partition coefficient (Wildman–Crippen LogP) is 2.68. The van der Waals surface area contributed by atoms with Crippen LogP contribution in [0.2, 0.25) is 10.0 Å². The van der Waals surface area contributed by atoms with Crippen molar-refractivity contribution in [2.75, 3.05) is 13.6 Å². The van der Waals surface area contributed by atoms with Gasteiger partial charge in [-0.3, -0.25) is 4.99 Å². The Balaban J connectivity index is 2.60. The number of hydrogen-bond acceptors (Lipinski definition) is 1. The molecule has 0 amide bonds. The smallest absolute Gasteiger partial charge is 0.191 e. The lowest BCUT2D eigenvalue weighted by atomic mass is 10.2. The van der Waals surface area contributed by atoms with E-state index in [0.29, 0.717) is 16.6 Å². The highest BCUT2D eigenvalue weighted by molar-refractivity contribution is 6.35. The number of rotatable bonds is 3. The van der Waals surface area contributed by atoms with Crippen molar-refractivity contribution in [1.82, 2.24) is 10.6 Å². The van der Waals surface area contributed by atoms with Crippen LogP contribution in [0.15, 0.2) is 23.2 Å². The van der Waals surface area contributed by atoms with Crippen molar-refractivity contribution >= 4 is 29.2 Å². The van der Waals surface area contributed by atoms with Crippen LogP contribution in [-0.4, -0.2) is 19.6 Å². The van der Waals surface area contributed by atoms with Crippen molar-refractivity contribution in [3.63, 3.8) is 0 Å². The Bertz CT molecular complexity index is 377. The standard InChI is InChI=1S/C11H15Cl2N3/c1-3-15-11(14-2)16-7-8-4-5-9(12)6-10(8)13/h4-6H,3,7H2,1-2H3,(H2,14,15,16). The maximum absolute atomic E-state index is 6.05. The number of nitrogens with zero attached hydrogens (tertiary/aromatic N) is 1. The van der Waals surface area contributed by atoms with Crippen molar-refractivity contribution in [1.29, 1.82) is 0 Å². The van der Waals surface area contributed by atoms with Crippen LogP contribution in [0.3, 0.4) is 0 Å². The first kappa shape index (κ1) is 13.1. The highest BCUT2D eigenvalue weighted by atomic mass is 35.5. The molecular weight excluding hydrogens is 245 g/mol. The van der Waals surface area contributed by atoms with Crippen LogP contribution in [0, 0.1) is 0 Å². The second-order valence-electron chi connectivity index (χ2n) is 3.19. The van der Waals surface area contributed by atoms with Gasteiger partial charge in [-0.25, -0.2) is 0 Å². The number of nitrogens with one attached hydrogen (secondary N) is 2. The molecule has 0 aliphatic carbocycles. The summed E-state index contributed by atoms with van der Waals surface area (Å²) < 4.78 is 0. The molecule has 3 nitrogen and oxygen atoms in total. The molecule has 0 aromatic heterocycles. The molecule has 0 fully saturated rings. The lowest BCUT2D eigenvalue weighted by Gasteiger charge is -2.11. The van der Waals surface area contributed by atoms with Gasteiger partial charge in [-0.1, -0.05) is 29.3 Å². The van der Waals surface area contributed by atoms with E-state index in [0.717, 1.165) is 18.1 Å². The third-order valence-electron chi connectivity index (χ3n) is 2.03. The highest BCUT2D eigenvalue weighted by Crippen LogP contribution is 2.20. The van der Waals surface area contributed by atoms with Crippen LogP contribution in [0.25, 0.3) is 0 Å². The van der Waals surface area contributed by atoms with E-state index in [-0.39, 0.29) is 0 Å². The second-order valence-corrected chi connectivity index (χ2v) is 4.04. The van der Waals surface area contributed by atoms with Gasteiger partial charge >= 0.3 is 0 Å². The Morgan fingerprint density at radius 2 is 2.06 bits per heavy atom. The molecule has 2 N–H and O–H groups in total. The topological polar surface area (TPSA) is 36.4 Å². The maximum atomic E-state index is 6.05. The van der Waals surface area contributed by atoms with Crippen molar-refractivity contribution in [2.45, 2.75) is 13.5 Å². The molecular formula is C11H15Cl2N3.